The zero-order valence-electron chi connectivity index (χ0n) is 21.4. The number of nitrogens with one attached hydrogen (secondary N) is 1. The monoisotopic (exact) mass is 503 g/mol. The fourth-order valence-corrected chi connectivity index (χ4v) is 4.64. The van der Waals surface area contributed by atoms with Crippen molar-refractivity contribution < 1.29 is 22.7 Å². The van der Waals surface area contributed by atoms with Gasteiger partial charge >= 0.3 is 0 Å². The maximum absolute atomic E-state index is 13.3. The minimum Gasteiger partial charge on any atom is -0.497 e. The second-order valence-electron chi connectivity index (χ2n) is 8.99. The lowest BCUT2D eigenvalue weighted by Crippen LogP contribution is -2.49. The second-order valence-corrected chi connectivity index (χ2v) is 10.9. The van der Waals surface area contributed by atoms with Crippen molar-refractivity contribution >= 4 is 27.5 Å². The van der Waals surface area contributed by atoms with Crippen molar-refractivity contribution in [2.75, 3.05) is 24.2 Å². The van der Waals surface area contributed by atoms with Crippen LogP contribution in [0.5, 0.6) is 5.75 Å². The van der Waals surface area contributed by atoms with E-state index in [1.54, 1.807) is 26.2 Å². The quantitative estimate of drug-likeness (QED) is 0.478. The standard InChI is InChI=1S/C26H37N3O5S/c1-19(2)27-26(31)21(4)28(18-22-9-7-10-24(17-22)34-5)25(30)11-8-16-29(35(6,32)33)23-14-12-20(3)13-15-23/h7,9-10,12-15,17,19,21H,8,11,16,18H2,1-6H3,(H,27,31)/t21-/m1/s1. The van der Waals surface area contributed by atoms with E-state index in [1.165, 1.54) is 9.21 Å². The lowest BCUT2D eigenvalue weighted by Gasteiger charge is -2.30. The number of hydrogen-bond acceptors (Lipinski definition) is 5. The summed E-state index contributed by atoms with van der Waals surface area (Å²) >= 11 is 0. The molecule has 0 heterocycles. The van der Waals surface area contributed by atoms with Gasteiger partial charge in [0.15, 0.2) is 0 Å². The molecule has 2 aromatic rings. The fourth-order valence-electron chi connectivity index (χ4n) is 3.67. The lowest BCUT2D eigenvalue weighted by molar-refractivity contribution is -0.140. The molecular weight excluding hydrogens is 466 g/mol. The number of aryl methyl sites for hydroxylation is 1. The van der Waals surface area contributed by atoms with Crippen molar-refractivity contribution in [1.29, 1.82) is 0 Å². The molecule has 0 fully saturated rings. The van der Waals surface area contributed by atoms with Gasteiger partial charge in [0.1, 0.15) is 11.8 Å². The molecule has 0 spiro atoms. The first-order valence-corrected chi connectivity index (χ1v) is 13.5. The van der Waals surface area contributed by atoms with Crippen molar-refractivity contribution in [2.24, 2.45) is 0 Å². The number of anilines is 1. The molecule has 192 valence electrons. The molecule has 9 heteroatoms. The van der Waals surface area contributed by atoms with Crippen LogP contribution < -0.4 is 14.4 Å². The predicted molar refractivity (Wildman–Crippen MR) is 139 cm³/mol. The Morgan fingerprint density at radius 3 is 2.29 bits per heavy atom. The van der Waals surface area contributed by atoms with Crippen LogP contribution in [-0.4, -0.2) is 57.1 Å². The number of methoxy groups -OCH3 is 1. The van der Waals surface area contributed by atoms with E-state index in [2.05, 4.69) is 5.32 Å². The van der Waals surface area contributed by atoms with E-state index in [-0.39, 0.29) is 37.4 Å². The van der Waals surface area contributed by atoms with E-state index in [4.69, 9.17) is 4.74 Å². The van der Waals surface area contributed by atoms with Crippen LogP contribution in [-0.2, 0) is 26.2 Å². The van der Waals surface area contributed by atoms with Crippen LogP contribution in [0.25, 0.3) is 0 Å². The smallest absolute Gasteiger partial charge is 0.242 e. The molecule has 2 rings (SSSR count). The van der Waals surface area contributed by atoms with Gasteiger partial charge in [0.05, 0.1) is 19.1 Å². The molecule has 8 nitrogen and oxygen atoms in total. The Hall–Kier alpha value is -3.07. The van der Waals surface area contributed by atoms with Gasteiger partial charge in [-0.3, -0.25) is 13.9 Å². The van der Waals surface area contributed by atoms with E-state index in [9.17, 15) is 18.0 Å². The number of carbonyl (C=O) groups excluding carboxylic acids is 2. The van der Waals surface area contributed by atoms with Gasteiger partial charge < -0.3 is 15.0 Å². The van der Waals surface area contributed by atoms with Gasteiger partial charge in [0, 0.05) is 25.6 Å². The molecule has 0 saturated heterocycles. The highest BCUT2D eigenvalue weighted by Crippen LogP contribution is 2.20. The minimum atomic E-state index is -3.52. The van der Waals surface area contributed by atoms with Crippen LogP contribution in [0, 0.1) is 6.92 Å². The molecule has 0 radical (unpaired) electrons. The van der Waals surface area contributed by atoms with Crippen molar-refractivity contribution in [1.82, 2.24) is 10.2 Å². The second kappa shape index (κ2) is 12.6. The van der Waals surface area contributed by atoms with Crippen molar-refractivity contribution in [3.05, 3.63) is 59.7 Å². The van der Waals surface area contributed by atoms with Gasteiger partial charge in [0.2, 0.25) is 21.8 Å². The maximum Gasteiger partial charge on any atom is 0.242 e. The fraction of sp³-hybridized carbons (Fsp3) is 0.462. The summed E-state index contributed by atoms with van der Waals surface area (Å²) in [7, 11) is -1.95. The van der Waals surface area contributed by atoms with Gasteiger partial charge in [-0.25, -0.2) is 8.42 Å². The number of hydrogen-bond donors (Lipinski definition) is 1. The third kappa shape index (κ3) is 8.58. The number of carbonyl (C=O) groups is 2. The van der Waals surface area contributed by atoms with Crippen LogP contribution in [0.4, 0.5) is 5.69 Å². The third-order valence-corrected chi connectivity index (χ3v) is 6.75. The zero-order chi connectivity index (χ0) is 26.2. The van der Waals surface area contributed by atoms with E-state index < -0.39 is 16.1 Å². The Labute approximate surface area is 209 Å². The predicted octanol–water partition coefficient (Wildman–Crippen LogP) is 3.49. The summed E-state index contributed by atoms with van der Waals surface area (Å²) in [6, 6.07) is 13.8. The summed E-state index contributed by atoms with van der Waals surface area (Å²) in [6.07, 6.45) is 1.57. The number of ether oxygens (including phenoxy) is 1. The molecule has 0 aliphatic heterocycles. The number of rotatable bonds is 12. The molecule has 2 amide bonds. The molecular formula is C26H37N3O5S. The molecule has 0 bridgehead atoms. The minimum absolute atomic E-state index is 0.0588. The average molecular weight is 504 g/mol. The summed E-state index contributed by atoms with van der Waals surface area (Å²) in [5, 5.41) is 2.86. The molecule has 1 N–H and O–H groups in total. The highest BCUT2D eigenvalue weighted by Gasteiger charge is 2.27. The largest absolute Gasteiger partial charge is 0.497 e. The lowest BCUT2D eigenvalue weighted by atomic mass is 10.1. The Bertz CT molecular complexity index is 1100. The zero-order valence-corrected chi connectivity index (χ0v) is 22.3. The van der Waals surface area contributed by atoms with E-state index in [0.29, 0.717) is 17.9 Å². The summed E-state index contributed by atoms with van der Waals surface area (Å²) < 4.78 is 31.4. The first-order valence-electron chi connectivity index (χ1n) is 11.7. The van der Waals surface area contributed by atoms with Gasteiger partial charge in [-0.15, -0.1) is 0 Å². The summed E-state index contributed by atoms with van der Waals surface area (Å²) in [5.41, 5.74) is 2.42. The number of amides is 2. The highest BCUT2D eigenvalue weighted by atomic mass is 32.2. The first kappa shape index (κ1) is 28.2. The molecule has 0 saturated carbocycles. The molecule has 0 aliphatic rings. The van der Waals surface area contributed by atoms with Gasteiger partial charge in [-0.1, -0.05) is 29.8 Å². The topological polar surface area (TPSA) is 96.0 Å². The summed E-state index contributed by atoms with van der Waals surface area (Å²) in [5.74, 6) is 0.196. The van der Waals surface area contributed by atoms with Gasteiger partial charge in [0.25, 0.3) is 0 Å². The molecule has 1 atom stereocenters. The van der Waals surface area contributed by atoms with Crippen LogP contribution in [0.15, 0.2) is 48.5 Å². The Balaban J connectivity index is 2.18. The SMILES string of the molecule is COc1cccc(CN(C(=O)CCCN(c2ccc(C)cc2)S(C)(=O)=O)[C@H](C)C(=O)NC(C)C)c1. The van der Waals surface area contributed by atoms with E-state index in [0.717, 1.165) is 17.4 Å². The molecule has 35 heavy (non-hydrogen) atoms. The highest BCUT2D eigenvalue weighted by molar-refractivity contribution is 7.92. The summed E-state index contributed by atoms with van der Waals surface area (Å²) in [4.78, 5) is 27.5. The maximum atomic E-state index is 13.3. The van der Waals surface area contributed by atoms with Crippen molar-refractivity contribution in [2.45, 2.75) is 59.2 Å². The Morgan fingerprint density at radius 2 is 1.71 bits per heavy atom. The average Bonchev–Trinajstić information content (AvgIpc) is 2.79. The number of nitrogens with zero attached hydrogens (tertiary/aromatic N) is 2. The normalized spacial score (nSPS) is 12.2. The molecule has 0 aliphatic carbocycles. The van der Waals surface area contributed by atoms with Crippen molar-refractivity contribution in [3.63, 3.8) is 0 Å². The Morgan fingerprint density at radius 1 is 1.06 bits per heavy atom. The van der Waals surface area contributed by atoms with Crippen molar-refractivity contribution in [3.8, 4) is 5.75 Å². The van der Waals surface area contributed by atoms with Crippen LogP contribution in [0.2, 0.25) is 0 Å². The van der Waals surface area contributed by atoms with Crippen LogP contribution >= 0.6 is 0 Å². The molecule has 0 aromatic heterocycles. The first-order chi connectivity index (χ1) is 16.4. The summed E-state index contributed by atoms with van der Waals surface area (Å²) in [6.45, 7) is 7.75. The third-order valence-electron chi connectivity index (χ3n) is 5.56. The Kier molecular flexibility index (Phi) is 10.1. The van der Waals surface area contributed by atoms with E-state index in [1.807, 2.05) is 57.2 Å². The number of sulfonamides is 1. The van der Waals surface area contributed by atoms with Gasteiger partial charge in [-0.2, -0.15) is 0 Å². The van der Waals surface area contributed by atoms with Crippen LogP contribution in [0.1, 0.15) is 44.7 Å². The number of benzene rings is 2. The van der Waals surface area contributed by atoms with Crippen LogP contribution in [0.3, 0.4) is 0 Å². The van der Waals surface area contributed by atoms with Gasteiger partial charge in [-0.05, 0) is 63.9 Å². The van der Waals surface area contributed by atoms with E-state index >= 15 is 0 Å². The molecule has 0 unspecified atom stereocenters. The molecule has 2 aromatic carbocycles.